The van der Waals surface area contributed by atoms with Gasteiger partial charge in [0, 0.05) is 17.5 Å². The summed E-state index contributed by atoms with van der Waals surface area (Å²) in [6.07, 6.45) is -5.75. The first kappa shape index (κ1) is 27.2. The number of nitrogens with one attached hydrogen (secondary N) is 1. The fourth-order valence-electron chi connectivity index (χ4n) is 3.58. The third-order valence-electron chi connectivity index (χ3n) is 4.95. The second-order valence-corrected chi connectivity index (χ2v) is 9.79. The van der Waals surface area contributed by atoms with Crippen molar-refractivity contribution in [1.82, 2.24) is 15.1 Å². The highest BCUT2D eigenvalue weighted by Gasteiger charge is 2.44. The number of alkyl carbamates (subject to hydrolysis) is 1. The van der Waals surface area contributed by atoms with Crippen molar-refractivity contribution in [3.8, 4) is 5.75 Å². The Kier molecular flexibility index (Phi) is 8.06. The highest BCUT2D eigenvalue weighted by atomic mass is 19.4. The van der Waals surface area contributed by atoms with Crippen molar-refractivity contribution in [2.24, 2.45) is 0 Å². The van der Waals surface area contributed by atoms with Crippen LogP contribution in [0.5, 0.6) is 5.75 Å². The maximum absolute atomic E-state index is 14.4. The second-order valence-electron chi connectivity index (χ2n) is 9.79. The first-order chi connectivity index (χ1) is 15.5. The Bertz CT molecular complexity index is 1020. The van der Waals surface area contributed by atoms with Crippen LogP contribution in [0.3, 0.4) is 0 Å². The van der Waals surface area contributed by atoms with Crippen molar-refractivity contribution in [1.29, 1.82) is 0 Å². The molecule has 1 N–H and O–H groups in total. The number of aromatic nitrogens is 2. The number of rotatable bonds is 8. The lowest BCUT2D eigenvalue weighted by atomic mass is 9.81. The molecule has 1 heterocycles. The summed E-state index contributed by atoms with van der Waals surface area (Å²) in [6, 6.07) is 6.61. The number of nitrogens with zero attached hydrogens (tertiary/aromatic N) is 2. The topological polar surface area (TPSA) is 82.5 Å². The van der Waals surface area contributed by atoms with Crippen molar-refractivity contribution in [3.05, 3.63) is 46.8 Å². The average molecular weight is 484 g/mol. The molecule has 0 unspecified atom stereocenters. The van der Waals surface area contributed by atoms with Crippen molar-refractivity contribution in [2.75, 3.05) is 13.7 Å². The zero-order valence-electron chi connectivity index (χ0n) is 20.6. The first-order valence-corrected chi connectivity index (χ1v) is 10.8. The molecule has 1 aromatic heterocycles. The number of carbonyl (C=O) groups is 2. The second kappa shape index (κ2) is 10.1. The van der Waals surface area contributed by atoms with Crippen LogP contribution in [0, 0.1) is 0 Å². The number of ether oxygens (including phenoxy) is 2. The summed E-state index contributed by atoms with van der Waals surface area (Å²) in [7, 11) is 1.50. The van der Waals surface area contributed by atoms with Crippen molar-refractivity contribution < 1.29 is 32.2 Å². The van der Waals surface area contributed by atoms with Gasteiger partial charge in [0.2, 0.25) is 0 Å². The van der Waals surface area contributed by atoms with Crippen LogP contribution in [0.1, 0.15) is 64.1 Å². The van der Waals surface area contributed by atoms with Gasteiger partial charge >= 0.3 is 12.3 Å². The van der Waals surface area contributed by atoms with Crippen LogP contribution in [0.2, 0.25) is 0 Å². The highest BCUT2D eigenvalue weighted by Crippen LogP contribution is 2.40. The normalized spacial score (nSPS) is 12.4. The molecular weight excluding hydrogens is 451 g/mol. The Balaban J connectivity index is 2.52. The molecule has 0 saturated carbocycles. The van der Waals surface area contributed by atoms with E-state index in [-0.39, 0.29) is 36.6 Å². The zero-order chi connectivity index (χ0) is 25.9. The lowest BCUT2D eigenvalue weighted by molar-refractivity contribution is -0.145. The molecule has 0 aliphatic rings. The van der Waals surface area contributed by atoms with Crippen LogP contribution in [0.25, 0.3) is 0 Å². The minimum absolute atomic E-state index is 0.0318. The molecule has 2 aromatic rings. The van der Waals surface area contributed by atoms with Crippen LogP contribution in [-0.2, 0) is 34.1 Å². The van der Waals surface area contributed by atoms with E-state index >= 15 is 0 Å². The summed E-state index contributed by atoms with van der Waals surface area (Å²) in [4.78, 5) is 24.0. The van der Waals surface area contributed by atoms with Crippen LogP contribution < -0.4 is 10.1 Å². The Morgan fingerprint density at radius 1 is 1.06 bits per heavy atom. The number of benzene rings is 1. The maximum Gasteiger partial charge on any atom is 0.433 e. The predicted octanol–water partition coefficient (Wildman–Crippen LogP) is 4.89. The number of halogens is 3. The maximum atomic E-state index is 14.4. The third kappa shape index (κ3) is 7.23. The Morgan fingerprint density at radius 3 is 2.12 bits per heavy atom. The number of amides is 1. The zero-order valence-corrected chi connectivity index (χ0v) is 20.6. The molecule has 0 spiro atoms. The molecule has 2 rings (SSSR count). The quantitative estimate of drug-likeness (QED) is 0.578. The number of methoxy groups -OCH3 is 1. The molecule has 1 aromatic carbocycles. The van der Waals surface area contributed by atoms with Crippen molar-refractivity contribution >= 4 is 11.9 Å². The fraction of sp³-hybridized carbons (Fsp3) is 0.542. The lowest BCUT2D eigenvalue weighted by Gasteiger charge is -2.28. The molecule has 0 bridgehead atoms. The molecule has 188 valence electrons. The number of Topliss-reactive ketones (excluding diaryl/α,β-unsaturated/α-hetero) is 1. The van der Waals surface area contributed by atoms with Crippen molar-refractivity contribution in [2.45, 2.75) is 71.7 Å². The van der Waals surface area contributed by atoms with Gasteiger partial charge in [-0.05, 0) is 45.4 Å². The summed E-state index contributed by atoms with van der Waals surface area (Å²) >= 11 is 0. The number of hydrogen-bond donors (Lipinski definition) is 1. The van der Waals surface area contributed by atoms with Gasteiger partial charge < -0.3 is 14.8 Å². The third-order valence-corrected chi connectivity index (χ3v) is 4.95. The number of alkyl halides is 3. The Labute approximate surface area is 197 Å². The lowest BCUT2D eigenvalue weighted by Crippen LogP contribution is -2.41. The molecule has 0 aliphatic heterocycles. The van der Waals surface area contributed by atoms with Crippen molar-refractivity contribution in [3.63, 3.8) is 0 Å². The van der Waals surface area contributed by atoms with E-state index in [0.29, 0.717) is 11.3 Å². The van der Waals surface area contributed by atoms with Gasteiger partial charge in [-0.3, -0.25) is 9.48 Å². The number of carbonyl (C=O) groups excluding carboxylic acids is 2. The fourth-order valence-corrected chi connectivity index (χ4v) is 3.58. The minimum atomic E-state index is -4.74. The Morgan fingerprint density at radius 2 is 1.65 bits per heavy atom. The summed E-state index contributed by atoms with van der Waals surface area (Å²) in [5.74, 6) is 0.257. The molecule has 1 amide bonds. The molecule has 0 radical (unpaired) electrons. The van der Waals surface area contributed by atoms with E-state index in [1.54, 1.807) is 58.9 Å². The molecule has 0 saturated heterocycles. The minimum Gasteiger partial charge on any atom is -0.497 e. The largest absolute Gasteiger partial charge is 0.497 e. The summed E-state index contributed by atoms with van der Waals surface area (Å²) in [5, 5.41) is 6.75. The molecular formula is C24H32F3N3O4. The molecule has 34 heavy (non-hydrogen) atoms. The predicted molar refractivity (Wildman–Crippen MR) is 121 cm³/mol. The van der Waals surface area contributed by atoms with Gasteiger partial charge in [0.1, 0.15) is 22.8 Å². The summed E-state index contributed by atoms with van der Waals surface area (Å²) in [6.45, 7) is 9.19. The van der Waals surface area contributed by atoms with Gasteiger partial charge in [-0.25, -0.2) is 4.79 Å². The van der Waals surface area contributed by atoms with Gasteiger partial charge in [-0.2, -0.15) is 18.3 Å². The summed E-state index contributed by atoms with van der Waals surface area (Å²) in [5.41, 5.74) is -2.42. The molecule has 0 fully saturated rings. The standard InChI is InChI=1S/C24H32F3N3O4/c1-15(31)12-18-19(23(5,6)14-28-21(32)34-22(2,3)4)20(24(25,26)27)30(29-18)13-16-8-10-17(33-7)11-9-16/h8-11H,12-14H2,1-7H3,(H,28,32). The Hall–Kier alpha value is -3.04. The van der Waals surface area contributed by atoms with Gasteiger partial charge in [0.15, 0.2) is 0 Å². The SMILES string of the molecule is COc1ccc(Cn2nc(CC(C)=O)c(C(C)(C)CNC(=O)OC(C)(C)C)c2C(F)(F)F)cc1. The molecule has 0 aliphatic carbocycles. The molecule has 10 heteroatoms. The molecule has 7 nitrogen and oxygen atoms in total. The smallest absolute Gasteiger partial charge is 0.433 e. The van der Waals surface area contributed by atoms with Gasteiger partial charge in [-0.1, -0.05) is 26.0 Å². The van der Waals surface area contributed by atoms with Gasteiger partial charge in [-0.15, -0.1) is 0 Å². The molecule has 0 atom stereocenters. The monoisotopic (exact) mass is 483 g/mol. The summed E-state index contributed by atoms with van der Waals surface area (Å²) < 4.78 is 54.3. The van der Waals surface area contributed by atoms with E-state index in [1.165, 1.54) is 14.0 Å². The van der Waals surface area contributed by atoms with Gasteiger partial charge in [0.05, 0.1) is 25.8 Å². The van der Waals surface area contributed by atoms with E-state index in [1.807, 2.05) is 0 Å². The number of ketones is 1. The average Bonchev–Trinajstić information content (AvgIpc) is 3.04. The van der Waals surface area contributed by atoms with E-state index in [4.69, 9.17) is 9.47 Å². The van der Waals surface area contributed by atoms with Gasteiger partial charge in [0.25, 0.3) is 0 Å². The van der Waals surface area contributed by atoms with E-state index in [0.717, 1.165) is 4.68 Å². The van der Waals surface area contributed by atoms with E-state index < -0.39 is 29.0 Å². The van der Waals surface area contributed by atoms with Crippen LogP contribution in [0.4, 0.5) is 18.0 Å². The van der Waals surface area contributed by atoms with E-state index in [2.05, 4.69) is 10.4 Å². The van der Waals surface area contributed by atoms with Crippen LogP contribution >= 0.6 is 0 Å². The first-order valence-electron chi connectivity index (χ1n) is 10.8. The van der Waals surface area contributed by atoms with Crippen LogP contribution in [-0.4, -0.2) is 40.9 Å². The van der Waals surface area contributed by atoms with E-state index in [9.17, 15) is 22.8 Å². The van der Waals surface area contributed by atoms with Crippen LogP contribution in [0.15, 0.2) is 24.3 Å². The number of hydrogen-bond acceptors (Lipinski definition) is 5. The highest BCUT2D eigenvalue weighted by molar-refractivity contribution is 5.78.